The third kappa shape index (κ3) is 5.62. The molecular weight excluding hydrogens is 610 g/mol. The number of carbonyl (C=O) groups excluding carboxylic acids is 2. The standard InChI is InChI=1S/C29H23F4N3O7S/c1-43-23-11-22(30)20(16-8-17(28(39)40)13-34-12-16)10-21(23)26(37)36-25-15-6-5-14(7-15)24(25)27(38)35-18-3-2-4-19(9-18)44(41,42)29(31,32)33/h2-6,8-15,24-25H,7H2,1H3,(H,35,38)(H,36,37)(H,39,40)/t14-,15+,24+,25-/m0/s1. The zero-order chi connectivity index (χ0) is 32.0. The summed E-state index contributed by atoms with van der Waals surface area (Å²) >= 11 is 0. The molecule has 0 radical (unpaired) electrons. The molecule has 1 fully saturated rings. The summed E-state index contributed by atoms with van der Waals surface area (Å²) in [5.41, 5.74) is -6.05. The van der Waals surface area contributed by atoms with Crippen LogP contribution in [0, 0.1) is 23.6 Å². The van der Waals surface area contributed by atoms with Crippen molar-refractivity contribution in [1.29, 1.82) is 0 Å². The van der Waals surface area contributed by atoms with Gasteiger partial charge in [0.05, 0.1) is 29.1 Å². The van der Waals surface area contributed by atoms with E-state index >= 15 is 4.39 Å². The second kappa shape index (κ2) is 11.4. The van der Waals surface area contributed by atoms with Gasteiger partial charge in [-0.25, -0.2) is 17.6 Å². The van der Waals surface area contributed by atoms with Gasteiger partial charge in [0.2, 0.25) is 5.91 Å². The summed E-state index contributed by atoms with van der Waals surface area (Å²) in [6.45, 7) is 0. The molecule has 15 heteroatoms. The van der Waals surface area contributed by atoms with Gasteiger partial charge in [0, 0.05) is 41.3 Å². The van der Waals surface area contributed by atoms with Gasteiger partial charge in [0.1, 0.15) is 11.6 Å². The van der Waals surface area contributed by atoms with Crippen LogP contribution in [-0.2, 0) is 14.6 Å². The molecule has 2 aliphatic rings. The highest BCUT2D eigenvalue weighted by Crippen LogP contribution is 2.45. The van der Waals surface area contributed by atoms with Gasteiger partial charge in [-0.15, -0.1) is 0 Å². The summed E-state index contributed by atoms with van der Waals surface area (Å²) in [6, 6.07) is 6.32. The molecule has 1 aromatic heterocycles. The fourth-order valence-corrected chi connectivity index (χ4v) is 6.34. The SMILES string of the molecule is COc1cc(F)c(-c2cncc(C(=O)O)c2)cc1C(=O)N[C@@H]1[C@H](C(=O)Nc2cccc(S(=O)(=O)C(F)(F)F)c2)[C@H]2C=C[C@@H]1C2. The van der Waals surface area contributed by atoms with Crippen LogP contribution in [0.5, 0.6) is 5.75 Å². The number of amides is 2. The van der Waals surface area contributed by atoms with E-state index in [0.717, 1.165) is 24.4 Å². The fourth-order valence-electron chi connectivity index (χ4n) is 5.53. The van der Waals surface area contributed by atoms with Gasteiger partial charge in [-0.2, -0.15) is 13.2 Å². The largest absolute Gasteiger partial charge is 0.501 e. The second-order valence-corrected chi connectivity index (χ2v) is 12.2. The molecule has 3 N–H and O–H groups in total. The molecule has 0 unspecified atom stereocenters. The predicted octanol–water partition coefficient (Wildman–Crippen LogP) is 4.45. The number of carbonyl (C=O) groups is 3. The number of pyridine rings is 1. The Morgan fingerprint density at radius 1 is 1.05 bits per heavy atom. The number of carboxylic acids is 1. The van der Waals surface area contributed by atoms with E-state index in [4.69, 9.17) is 4.74 Å². The highest BCUT2D eigenvalue weighted by atomic mass is 32.2. The summed E-state index contributed by atoms with van der Waals surface area (Å²) in [5.74, 6) is -5.09. The number of methoxy groups -OCH3 is 1. The number of allylic oxidation sites excluding steroid dienone is 1. The van der Waals surface area contributed by atoms with Crippen LogP contribution in [0.1, 0.15) is 27.1 Å². The van der Waals surface area contributed by atoms with Crippen LogP contribution in [-0.4, -0.2) is 55.0 Å². The highest BCUT2D eigenvalue weighted by Gasteiger charge is 2.49. The summed E-state index contributed by atoms with van der Waals surface area (Å²) in [7, 11) is -4.43. The van der Waals surface area contributed by atoms with Gasteiger partial charge >= 0.3 is 11.5 Å². The molecule has 1 saturated carbocycles. The van der Waals surface area contributed by atoms with Gasteiger partial charge in [0.25, 0.3) is 15.7 Å². The maximum Gasteiger partial charge on any atom is 0.501 e. The number of aromatic nitrogens is 1. The van der Waals surface area contributed by atoms with E-state index in [9.17, 15) is 41.1 Å². The molecular formula is C29H23F4N3O7S. The molecule has 1 heterocycles. The van der Waals surface area contributed by atoms with Crippen molar-refractivity contribution in [1.82, 2.24) is 10.3 Å². The first-order chi connectivity index (χ1) is 20.7. The summed E-state index contributed by atoms with van der Waals surface area (Å²) in [5, 5.41) is 14.5. The molecule has 3 aromatic rings. The van der Waals surface area contributed by atoms with E-state index in [1.165, 1.54) is 31.5 Å². The minimum absolute atomic E-state index is 0.0916. The Kier molecular flexibility index (Phi) is 7.92. The zero-order valence-corrected chi connectivity index (χ0v) is 23.4. The Morgan fingerprint density at radius 3 is 2.45 bits per heavy atom. The number of halogens is 4. The van der Waals surface area contributed by atoms with Gasteiger partial charge < -0.3 is 20.5 Å². The Balaban J connectivity index is 1.41. The molecule has 0 saturated heterocycles. The number of benzene rings is 2. The topological polar surface area (TPSA) is 152 Å². The number of nitrogens with one attached hydrogen (secondary N) is 2. The normalized spacial score (nSPS) is 20.8. The number of ether oxygens (including phenoxy) is 1. The van der Waals surface area contributed by atoms with Gasteiger partial charge in [-0.3, -0.25) is 14.6 Å². The van der Waals surface area contributed by atoms with Crippen molar-refractivity contribution in [2.75, 3.05) is 12.4 Å². The zero-order valence-electron chi connectivity index (χ0n) is 22.6. The second-order valence-electron chi connectivity index (χ2n) is 10.2. The third-order valence-corrected chi connectivity index (χ3v) is 9.09. The number of carboxylic acid groups (broad SMARTS) is 1. The molecule has 0 spiro atoms. The lowest BCUT2D eigenvalue weighted by molar-refractivity contribution is -0.121. The van der Waals surface area contributed by atoms with Crippen molar-refractivity contribution in [3.8, 4) is 16.9 Å². The van der Waals surface area contributed by atoms with Gasteiger partial charge in [-0.1, -0.05) is 18.2 Å². The lowest BCUT2D eigenvalue weighted by Crippen LogP contribution is -2.47. The van der Waals surface area contributed by atoms with E-state index in [0.29, 0.717) is 12.5 Å². The van der Waals surface area contributed by atoms with Crippen molar-refractivity contribution >= 4 is 33.3 Å². The van der Waals surface area contributed by atoms with Crippen LogP contribution in [0.25, 0.3) is 11.1 Å². The minimum atomic E-state index is -5.65. The Labute approximate surface area is 247 Å². The van der Waals surface area contributed by atoms with E-state index in [1.54, 1.807) is 6.08 Å². The van der Waals surface area contributed by atoms with E-state index < -0.39 is 55.8 Å². The van der Waals surface area contributed by atoms with Crippen LogP contribution in [0.3, 0.4) is 0 Å². The van der Waals surface area contributed by atoms with Crippen molar-refractivity contribution in [3.05, 3.63) is 84.0 Å². The van der Waals surface area contributed by atoms with E-state index in [1.807, 2.05) is 6.08 Å². The lowest BCUT2D eigenvalue weighted by atomic mass is 9.87. The van der Waals surface area contributed by atoms with Crippen molar-refractivity contribution in [2.45, 2.75) is 22.9 Å². The first-order valence-corrected chi connectivity index (χ1v) is 14.5. The van der Waals surface area contributed by atoms with Crippen molar-refractivity contribution in [2.24, 2.45) is 17.8 Å². The van der Waals surface area contributed by atoms with Crippen LogP contribution < -0.4 is 15.4 Å². The van der Waals surface area contributed by atoms with Crippen LogP contribution >= 0.6 is 0 Å². The molecule has 230 valence electrons. The number of alkyl halides is 3. The smallest absolute Gasteiger partial charge is 0.496 e. The van der Waals surface area contributed by atoms with Crippen LogP contribution in [0.2, 0.25) is 0 Å². The molecule has 2 aliphatic carbocycles. The average molecular weight is 634 g/mol. The van der Waals surface area contributed by atoms with Crippen molar-refractivity contribution < 1.29 is 50.2 Å². The van der Waals surface area contributed by atoms with E-state index in [-0.39, 0.29) is 45.5 Å². The summed E-state index contributed by atoms with van der Waals surface area (Å²) in [4.78, 5) is 41.1. The third-order valence-electron chi connectivity index (χ3n) is 7.61. The Morgan fingerprint density at radius 2 is 1.77 bits per heavy atom. The molecule has 4 atom stereocenters. The molecule has 0 aliphatic heterocycles. The predicted molar refractivity (Wildman–Crippen MR) is 147 cm³/mol. The molecule has 2 amide bonds. The molecule has 5 rings (SSSR count). The van der Waals surface area contributed by atoms with Crippen molar-refractivity contribution in [3.63, 3.8) is 0 Å². The monoisotopic (exact) mass is 633 g/mol. The molecule has 2 bridgehead atoms. The average Bonchev–Trinajstić information content (AvgIpc) is 3.58. The van der Waals surface area contributed by atoms with Crippen LogP contribution in [0.15, 0.2) is 71.9 Å². The number of aromatic carboxylic acids is 1. The van der Waals surface area contributed by atoms with Crippen LogP contribution in [0.4, 0.5) is 23.2 Å². The number of hydrogen-bond acceptors (Lipinski definition) is 7. The number of rotatable bonds is 8. The number of hydrogen-bond donors (Lipinski definition) is 3. The maximum atomic E-state index is 15.0. The number of sulfone groups is 1. The van der Waals surface area contributed by atoms with Gasteiger partial charge in [-0.05, 0) is 48.6 Å². The molecule has 10 nitrogen and oxygen atoms in total. The number of anilines is 1. The first kappa shape index (κ1) is 30.7. The Bertz CT molecular complexity index is 1810. The number of nitrogens with zero attached hydrogens (tertiary/aromatic N) is 1. The summed E-state index contributed by atoms with van der Waals surface area (Å²) < 4.78 is 83.0. The molecule has 2 aromatic carbocycles. The molecule has 44 heavy (non-hydrogen) atoms. The quantitative estimate of drug-likeness (QED) is 0.243. The summed E-state index contributed by atoms with van der Waals surface area (Å²) in [6.07, 6.45) is 6.42. The van der Waals surface area contributed by atoms with Gasteiger partial charge in [0.15, 0.2) is 0 Å². The lowest BCUT2D eigenvalue weighted by Gasteiger charge is -2.28. The maximum absolute atomic E-state index is 15.0. The minimum Gasteiger partial charge on any atom is -0.496 e. The highest BCUT2D eigenvalue weighted by molar-refractivity contribution is 7.92. The Hall–Kier alpha value is -4.79. The first-order valence-electron chi connectivity index (χ1n) is 13.0. The fraction of sp³-hybridized carbons (Fsp3) is 0.241. The van der Waals surface area contributed by atoms with E-state index in [2.05, 4.69) is 15.6 Å². The number of fused-ring (bicyclic) bond motifs is 2.